The first-order chi connectivity index (χ1) is 18.6. The van der Waals surface area contributed by atoms with E-state index in [2.05, 4.69) is 5.32 Å². The number of benzene rings is 3. The van der Waals surface area contributed by atoms with Crippen LogP contribution in [-0.2, 0) is 26.2 Å². The maximum Gasteiger partial charge on any atom is 0.264 e. The van der Waals surface area contributed by atoms with Crippen LogP contribution in [0.25, 0.3) is 0 Å². The van der Waals surface area contributed by atoms with Crippen LogP contribution in [-0.4, -0.2) is 43.3 Å². The van der Waals surface area contributed by atoms with Crippen molar-refractivity contribution < 1.29 is 22.4 Å². The number of halogens is 3. The van der Waals surface area contributed by atoms with E-state index in [4.69, 9.17) is 23.2 Å². The van der Waals surface area contributed by atoms with Gasteiger partial charge in [0.25, 0.3) is 10.0 Å². The van der Waals surface area contributed by atoms with Gasteiger partial charge in [-0.25, -0.2) is 12.8 Å². The number of para-hydroxylation sites is 1. The summed E-state index contributed by atoms with van der Waals surface area (Å²) in [6.07, 6.45) is 0. The minimum absolute atomic E-state index is 0.0792. The smallest absolute Gasteiger partial charge is 0.264 e. The Morgan fingerprint density at radius 1 is 0.975 bits per heavy atom. The molecule has 1 N–H and O–H groups in total. The molecule has 0 spiro atoms. The summed E-state index contributed by atoms with van der Waals surface area (Å²) in [5, 5.41) is 3.42. The molecular weight excluding hydrogens is 576 g/mol. The molecule has 0 bridgehead atoms. The lowest BCUT2D eigenvalue weighted by atomic mass is 10.1. The molecule has 0 heterocycles. The number of nitrogens with zero attached hydrogens (tertiary/aromatic N) is 2. The van der Waals surface area contributed by atoms with Crippen LogP contribution in [0.3, 0.4) is 0 Å². The second-order valence-electron chi connectivity index (χ2n) is 10.5. The van der Waals surface area contributed by atoms with Gasteiger partial charge in [0.2, 0.25) is 11.8 Å². The maximum absolute atomic E-state index is 15.0. The number of sulfonamides is 1. The average molecular weight is 609 g/mol. The van der Waals surface area contributed by atoms with Crippen molar-refractivity contribution in [3.05, 3.63) is 93.7 Å². The molecule has 3 rings (SSSR count). The molecule has 3 aromatic carbocycles. The van der Waals surface area contributed by atoms with Crippen molar-refractivity contribution in [3.63, 3.8) is 0 Å². The quantitative estimate of drug-likeness (QED) is 0.325. The van der Waals surface area contributed by atoms with Gasteiger partial charge in [-0.05, 0) is 76.6 Å². The SMILES string of the molecule is Cc1ccc(S(=O)(=O)N(CC(=O)N(Cc2ccc(Cl)c(Cl)c2)C(C)C(=O)NC(C)(C)C)c2ccccc2F)cc1. The molecule has 0 fully saturated rings. The minimum atomic E-state index is -4.38. The molecule has 11 heteroatoms. The Labute approximate surface area is 244 Å². The van der Waals surface area contributed by atoms with E-state index in [-0.39, 0.29) is 22.2 Å². The molecule has 1 unspecified atom stereocenters. The van der Waals surface area contributed by atoms with Crippen LogP contribution < -0.4 is 9.62 Å². The third-order valence-electron chi connectivity index (χ3n) is 6.01. The van der Waals surface area contributed by atoms with E-state index in [1.54, 1.807) is 65.0 Å². The highest BCUT2D eigenvalue weighted by molar-refractivity contribution is 7.92. The van der Waals surface area contributed by atoms with Gasteiger partial charge in [-0.3, -0.25) is 13.9 Å². The molecule has 0 aromatic heterocycles. The van der Waals surface area contributed by atoms with Gasteiger partial charge in [-0.1, -0.05) is 59.1 Å². The Morgan fingerprint density at radius 3 is 2.17 bits per heavy atom. The first kappa shape index (κ1) is 31.4. The minimum Gasteiger partial charge on any atom is -0.350 e. The van der Waals surface area contributed by atoms with Gasteiger partial charge in [-0.15, -0.1) is 0 Å². The van der Waals surface area contributed by atoms with Gasteiger partial charge < -0.3 is 10.2 Å². The summed E-state index contributed by atoms with van der Waals surface area (Å²) < 4.78 is 43.2. The van der Waals surface area contributed by atoms with Crippen molar-refractivity contribution >= 4 is 50.7 Å². The molecular formula is C29H32Cl2FN3O4S. The highest BCUT2D eigenvalue weighted by Crippen LogP contribution is 2.28. The molecule has 40 heavy (non-hydrogen) atoms. The molecule has 0 saturated heterocycles. The van der Waals surface area contributed by atoms with Crippen molar-refractivity contribution in [1.82, 2.24) is 10.2 Å². The van der Waals surface area contributed by atoms with Crippen LogP contribution in [0.2, 0.25) is 10.0 Å². The summed E-state index contributed by atoms with van der Waals surface area (Å²) in [6, 6.07) is 15.1. The third kappa shape index (κ3) is 7.74. The summed E-state index contributed by atoms with van der Waals surface area (Å²) in [7, 11) is -4.38. The Kier molecular flexibility index (Phi) is 9.87. The summed E-state index contributed by atoms with van der Waals surface area (Å²) in [5.41, 5.74) is 0.520. The maximum atomic E-state index is 15.0. The second kappa shape index (κ2) is 12.6. The van der Waals surface area contributed by atoms with E-state index in [0.717, 1.165) is 15.9 Å². The molecule has 0 aliphatic rings. The van der Waals surface area contributed by atoms with Gasteiger partial charge >= 0.3 is 0 Å². The molecule has 1 atom stereocenters. The Hall–Kier alpha value is -3.14. The summed E-state index contributed by atoms with van der Waals surface area (Å²) in [4.78, 5) is 28.2. The zero-order valence-corrected chi connectivity index (χ0v) is 25.2. The fraction of sp³-hybridized carbons (Fsp3) is 0.310. The Balaban J connectivity index is 2.06. The Morgan fingerprint density at radius 2 is 1.60 bits per heavy atom. The molecule has 7 nitrogen and oxygen atoms in total. The number of anilines is 1. The predicted molar refractivity (Wildman–Crippen MR) is 156 cm³/mol. The van der Waals surface area contributed by atoms with Crippen molar-refractivity contribution in [2.24, 2.45) is 0 Å². The molecule has 214 valence electrons. The van der Waals surface area contributed by atoms with E-state index >= 15 is 0 Å². The molecule has 2 amide bonds. The van der Waals surface area contributed by atoms with Crippen molar-refractivity contribution in [3.8, 4) is 0 Å². The van der Waals surface area contributed by atoms with Crippen molar-refractivity contribution in [2.75, 3.05) is 10.8 Å². The number of carbonyl (C=O) groups is 2. The Bertz CT molecular complexity index is 1490. The number of rotatable bonds is 9. The van der Waals surface area contributed by atoms with Crippen LogP contribution in [0.5, 0.6) is 0 Å². The lowest BCUT2D eigenvalue weighted by molar-refractivity contribution is -0.140. The van der Waals surface area contributed by atoms with Crippen LogP contribution in [0.4, 0.5) is 10.1 Å². The van der Waals surface area contributed by atoms with Gasteiger partial charge in [0, 0.05) is 12.1 Å². The second-order valence-corrected chi connectivity index (χ2v) is 13.1. The van der Waals surface area contributed by atoms with E-state index in [1.807, 2.05) is 0 Å². The summed E-state index contributed by atoms with van der Waals surface area (Å²) in [5.74, 6) is -1.98. The molecule has 0 aliphatic carbocycles. The monoisotopic (exact) mass is 607 g/mol. The number of carbonyl (C=O) groups excluding carboxylic acids is 2. The lowest BCUT2D eigenvalue weighted by Crippen LogP contribution is -2.54. The van der Waals surface area contributed by atoms with Gasteiger partial charge in [-0.2, -0.15) is 0 Å². The largest absolute Gasteiger partial charge is 0.350 e. The lowest BCUT2D eigenvalue weighted by Gasteiger charge is -2.33. The number of aryl methyl sites for hydroxylation is 1. The van der Waals surface area contributed by atoms with E-state index in [9.17, 15) is 22.4 Å². The highest BCUT2D eigenvalue weighted by Gasteiger charge is 2.34. The standard InChI is InChI=1S/C29H32Cl2FN3O4S/c1-19-10-13-22(14-11-19)40(38,39)35(26-9-7-6-8-25(26)32)18-27(36)34(20(2)28(37)33-29(3,4)5)17-21-12-15-23(30)24(31)16-21/h6-16,20H,17-18H2,1-5H3,(H,33,37). The number of hydrogen-bond donors (Lipinski definition) is 1. The van der Waals surface area contributed by atoms with Gasteiger partial charge in [0.05, 0.1) is 20.6 Å². The van der Waals surface area contributed by atoms with E-state index in [1.165, 1.54) is 35.2 Å². The third-order valence-corrected chi connectivity index (χ3v) is 8.52. The topological polar surface area (TPSA) is 86.8 Å². The normalized spacial score (nSPS) is 12.5. The number of amides is 2. The first-order valence-electron chi connectivity index (χ1n) is 12.5. The average Bonchev–Trinajstić information content (AvgIpc) is 2.87. The molecule has 0 radical (unpaired) electrons. The zero-order valence-electron chi connectivity index (χ0n) is 22.9. The first-order valence-corrected chi connectivity index (χ1v) is 14.7. The van der Waals surface area contributed by atoms with Crippen molar-refractivity contribution in [2.45, 2.75) is 57.6 Å². The molecule has 3 aromatic rings. The fourth-order valence-electron chi connectivity index (χ4n) is 3.90. The predicted octanol–water partition coefficient (Wildman–Crippen LogP) is 5.97. The van der Waals surface area contributed by atoms with Gasteiger partial charge in [0.15, 0.2) is 0 Å². The number of hydrogen-bond acceptors (Lipinski definition) is 4. The zero-order chi connectivity index (χ0) is 29.8. The molecule has 0 aliphatic heterocycles. The van der Waals surface area contributed by atoms with Crippen LogP contribution in [0, 0.1) is 12.7 Å². The summed E-state index contributed by atoms with van der Waals surface area (Å²) >= 11 is 12.2. The van der Waals surface area contributed by atoms with Crippen LogP contribution in [0.1, 0.15) is 38.8 Å². The molecule has 0 saturated carbocycles. The van der Waals surface area contributed by atoms with E-state index < -0.39 is 45.8 Å². The fourth-order valence-corrected chi connectivity index (χ4v) is 5.64. The number of nitrogens with one attached hydrogen (secondary N) is 1. The van der Waals surface area contributed by atoms with E-state index in [0.29, 0.717) is 10.6 Å². The van der Waals surface area contributed by atoms with Gasteiger partial charge in [0.1, 0.15) is 18.4 Å². The highest BCUT2D eigenvalue weighted by atomic mass is 35.5. The summed E-state index contributed by atoms with van der Waals surface area (Å²) in [6.45, 7) is 7.91. The van der Waals surface area contributed by atoms with Crippen molar-refractivity contribution in [1.29, 1.82) is 0 Å². The van der Waals surface area contributed by atoms with Crippen LogP contribution in [0.15, 0.2) is 71.6 Å². The van der Waals surface area contributed by atoms with Crippen LogP contribution >= 0.6 is 23.2 Å².